The third-order valence-corrected chi connectivity index (χ3v) is 4.90. The van der Waals surface area contributed by atoms with Crippen LogP contribution >= 0.6 is 0 Å². The van der Waals surface area contributed by atoms with Gasteiger partial charge in [-0.25, -0.2) is 8.42 Å². The minimum Gasteiger partial charge on any atom is -0.384 e. The van der Waals surface area contributed by atoms with Crippen LogP contribution in [0.3, 0.4) is 0 Å². The first-order valence-electron chi connectivity index (χ1n) is 6.41. The van der Waals surface area contributed by atoms with Gasteiger partial charge < -0.3 is 5.11 Å². The van der Waals surface area contributed by atoms with Crippen molar-refractivity contribution < 1.29 is 13.5 Å². The van der Waals surface area contributed by atoms with E-state index in [1.165, 1.54) is 6.92 Å². The first kappa shape index (κ1) is 14.8. The molecule has 0 amide bonds. The van der Waals surface area contributed by atoms with Crippen LogP contribution in [0.25, 0.3) is 0 Å². The van der Waals surface area contributed by atoms with Gasteiger partial charge in [0.15, 0.2) is 9.84 Å². The van der Waals surface area contributed by atoms with E-state index in [-0.39, 0.29) is 11.5 Å². The van der Waals surface area contributed by atoms with Gasteiger partial charge in [-0.2, -0.15) is 0 Å². The first-order chi connectivity index (χ1) is 9.39. The predicted octanol–water partition coefficient (Wildman–Crippen LogP) is 2.51. The Labute approximate surface area is 119 Å². The van der Waals surface area contributed by atoms with Crippen molar-refractivity contribution in [1.82, 2.24) is 0 Å². The summed E-state index contributed by atoms with van der Waals surface area (Å²) in [4.78, 5) is 0. The molecule has 0 radical (unpaired) electrons. The van der Waals surface area contributed by atoms with Crippen molar-refractivity contribution in [2.45, 2.75) is 18.3 Å². The molecular weight excluding hydrogens is 272 g/mol. The molecule has 4 heteroatoms. The molecule has 0 aliphatic heterocycles. The van der Waals surface area contributed by atoms with E-state index in [4.69, 9.17) is 0 Å². The van der Waals surface area contributed by atoms with E-state index in [0.717, 1.165) is 5.56 Å². The Balaban J connectivity index is 2.16. The fraction of sp³-hybridized carbons (Fsp3) is 0.250. The van der Waals surface area contributed by atoms with Crippen LogP contribution in [0.1, 0.15) is 18.1 Å². The molecule has 0 unspecified atom stereocenters. The van der Waals surface area contributed by atoms with Crippen molar-refractivity contribution in [1.29, 1.82) is 0 Å². The average molecular weight is 290 g/mol. The lowest BCUT2D eigenvalue weighted by molar-refractivity contribution is 0.0819. The van der Waals surface area contributed by atoms with Crippen molar-refractivity contribution >= 4 is 9.84 Å². The van der Waals surface area contributed by atoms with E-state index in [1.807, 2.05) is 12.1 Å². The van der Waals surface area contributed by atoms with Gasteiger partial charge in [0.25, 0.3) is 0 Å². The van der Waals surface area contributed by atoms with Gasteiger partial charge in [-0.1, -0.05) is 60.7 Å². The summed E-state index contributed by atoms with van der Waals surface area (Å²) in [5.41, 5.74) is -0.0393. The fourth-order valence-electron chi connectivity index (χ4n) is 2.19. The molecule has 1 atom stereocenters. The Morgan fingerprint density at radius 3 is 2.00 bits per heavy atom. The quantitative estimate of drug-likeness (QED) is 0.920. The molecular formula is C16H18O3S. The Bertz CT molecular complexity index is 647. The molecule has 3 nitrogen and oxygen atoms in total. The lowest BCUT2D eigenvalue weighted by atomic mass is 9.99. The summed E-state index contributed by atoms with van der Waals surface area (Å²) in [6.45, 7) is 1.53. The highest BCUT2D eigenvalue weighted by atomic mass is 32.2. The second-order valence-electron chi connectivity index (χ2n) is 5.16. The molecule has 106 valence electrons. The highest BCUT2D eigenvalue weighted by Crippen LogP contribution is 2.23. The van der Waals surface area contributed by atoms with Crippen molar-refractivity contribution in [2.75, 3.05) is 5.75 Å². The molecule has 0 bridgehead atoms. The van der Waals surface area contributed by atoms with Crippen LogP contribution in [0, 0.1) is 0 Å². The second-order valence-corrected chi connectivity index (χ2v) is 7.22. The molecule has 0 saturated heterocycles. The summed E-state index contributed by atoms with van der Waals surface area (Å²) >= 11 is 0. The Morgan fingerprint density at radius 2 is 1.45 bits per heavy atom. The van der Waals surface area contributed by atoms with E-state index in [9.17, 15) is 13.5 Å². The number of aliphatic hydroxyl groups is 1. The lowest BCUT2D eigenvalue weighted by Crippen LogP contribution is -2.31. The summed E-state index contributed by atoms with van der Waals surface area (Å²) in [5, 5.41) is 10.4. The molecule has 0 spiro atoms. The maximum Gasteiger partial charge on any atom is 0.157 e. The Morgan fingerprint density at radius 1 is 0.950 bits per heavy atom. The maximum atomic E-state index is 12.2. The van der Waals surface area contributed by atoms with Gasteiger partial charge in [0.1, 0.15) is 5.60 Å². The molecule has 20 heavy (non-hydrogen) atoms. The van der Waals surface area contributed by atoms with Gasteiger partial charge in [-0.3, -0.25) is 0 Å². The van der Waals surface area contributed by atoms with Crippen LogP contribution in [-0.4, -0.2) is 19.3 Å². The fourth-order valence-corrected chi connectivity index (χ4v) is 4.01. The molecule has 0 aliphatic rings. The molecule has 0 saturated carbocycles. The first-order valence-corrected chi connectivity index (χ1v) is 8.23. The minimum absolute atomic E-state index is 0.0587. The molecule has 0 heterocycles. The van der Waals surface area contributed by atoms with Crippen LogP contribution in [0.15, 0.2) is 60.7 Å². The molecule has 0 aromatic heterocycles. The van der Waals surface area contributed by atoms with Gasteiger partial charge in [0.2, 0.25) is 0 Å². The van der Waals surface area contributed by atoms with Crippen LogP contribution < -0.4 is 0 Å². The highest BCUT2D eigenvalue weighted by Gasteiger charge is 2.30. The SMILES string of the molecule is C[C@](O)(CS(=O)(=O)Cc1ccccc1)c1ccccc1. The zero-order valence-corrected chi connectivity index (χ0v) is 12.2. The predicted molar refractivity (Wildman–Crippen MR) is 79.9 cm³/mol. The smallest absolute Gasteiger partial charge is 0.157 e. The van der Waals surface area contributed by atoms with Crippen molar-refractivity contribution in [3.05, 3.63) is 71.8 Å². The van der Waals surface area contributed by atoms with Crippen LogP contribution in [0.4, 0.5) is 0 Å². The standard InChI is InChI=1S/C16H18O3S/c1-16(17,15-10-6-3-7-11-15)13-20(18,19)12-14-8-4-2-5-9-14/h2-11,17H,12-13H2,1H3/t16-/m0/s1. The normalized spacial score (nSPS) is 14.7. The van der Waals surface area contributed by atoms with E-state index in [1.54, 1.807) is 48.5 Å². The molecule has 0 fully saturated rings. The Kier molecular flexibility index (Phi) is 4.26. The average Bonchev–Trinajstić information content (AvgIpc) is 2.39. The summed E-state index contributed by atoms with van der Waals surface area (Å²) in [7, 11) is -3.39. The summed E-state index contributed by atoms with van der Waals surface area (Å²) in [6, 6.07) is 17.9. The van der Waals surface area contributed by atoms with Crippen LogP contribution in [-0.2, 0) is 21.2 Å². The van der Waals surface area contributed by atoms with Crippen molar-refractivity contribution in [2.24, 2.45) is 0 Å². The third kappa shape index (κ3) is 3.92. The van der Waals surface area contributed by atoms with Gasteiger partial charge in [-0.05, 0) is 18.1 Å². The maximum absolute atomic E-state index is 12.2. The molecule has 2 aromatic rings. The largest absolute Gasteiger partial charge is 0.384 e. The molecule has 2 aromatic carbocycles. The van der Waals surface area contributed by atoms with Crippen LogP contribution in [0.5, 0.6) is 0 Å². The monoisotopic (exact) mass is 290 g/mol. The topological polar surface area (TPSA) is 54.4 Å². The number of rotatable bonds is 5. The highest BCUT2D eigenvalue weighted by molar-refractivity contribution is 7.90. The number of benzene rings is 2. The van der Waals surface area contributed by atoms with E-state index in [0.29, 0.717) is 5.56 Å². The lowest BCUT2D eigenvalue weighted by Gasteiger charge is -2.23. The number of hydrogen-bond donors (Lipinski definition) is 1. The summed E-state index contributed by atoms with van der Waals surface area (Å²) < 4.78 is 24.5. The molecule has 0 aliphatic carbocycles. The van der Waals surface area contributed by atoms with Gasteiger partial charge >= 0.3 is 0 Å². The molecule has 2 rings (SSSR count). The van der Waals surface area contributed by atoms with Crippen LogP contribution in [0.2, 0.25) is 0 Å². The zero-order chi connectivity index (χ0) is 14.6. The van der Waals surface area contributed by atoms with Gasteiger partial charge in [-0.15, -0.1) is 0 Å². The Hall–Kier alpha value is -1.65. The van der Waals surface area contributed by atoms with E-state index in [2.05, 4.69) is 0 Å². The van der Waals surface area contributed by atoms with E-state index >= 15 is 0 Å². The summed E-state index contributed by atoms with van der Waals surface area (Å²) in [5.74, 6) is -0.351. The van der Waals surface area contributed by atoms with Crippen molar-refractivity contribution in [3.8, 4) is 0 Å². The third-order valence-electron chi connectivity index (χ3n) is 3.13. The minimum atomic E-state index is -3.39. The zero-order valence-electron chi connectivity index (χ0n) is 11.4. The van der Waals surface area contributed by atoms with Crippen molar-refractivity contribution in [3.63, 3.8) is 0 Å². The number of sulfone groups is 1. The second kappa shape index (κ2) is 5.77. The molecule has 1 N–H and O–H groups in total. The summed E-state index contributed by atoms with van der Waals surface area (Å²) in [6.07, 6.45) is 0. The van der Waals surface area contributed by atoms with E-state index < -0.39 is 15.4 Å². The van der Waals surface area contributed by atoms with Gasteiger partial charge in [0.05, 0.1) is 11.5 Å². The van der Waals surface area contributed by atoms with Gasteiger partial charge in [0, 0.05) is 0 Å². The number of hydrogen-bond acceptors (Lipinski definition) is 3.